The van der Waals surface area contributed by atoms with Crippen molar-refractivity contribution in [1.29, 1.82) is 5.26 Å². The Labute approximate surface area is 158 Å². The molecule has 2 aromatic rings. The first-order valence-corrected chi connectivity index (χ1v) is 8.74. The van der Waals surface area contributed by atoms with E-state index < -0.39 is 0 Å². The van der Waals surface area contributed by atoms with E-state index in [1.165, 1.54) is 0 Å². The molecule has 0 saturated heterocycles. The van der Waals surface area contributed by atoms with Crippen molar-refractivity contribution in [3.8, 4) is 11.8 Å². The van der Waals surface area contributed by atoms with E-state index in [-0.39, 0.29) is 11.3 Å². The fourth-order valence-electron chi connectivity index (χ4n) is 2.53. The highest BCUT2D eigenvalue weighted by Gasteiger charge is 2.18. The molecule has 0 aromatic heterocycles. The van der Waals surface area contributed by atoms with Crippen LogP contribution in [-0.2, 0) is 4.79 Å². The molecule has 1 amide bonds. The highest BCUT2D eigenvalue weighted by molar-refractivity contribution is 6.45. The maximum absolute atomic E-state index is 12.5. The highest BCUT2D eigenvalue weighted by Crippen LogP contribution is 2.28. The Morgan fingerprint density at radius 3 is 2.81 bits per heavy atom. The molecule has 0 radical (unpaired) electrons. The molecule has 1 heterocycles. The lowest BCUT2D eigenvalue weighted by Gasteiger charge is -2.20. The van der Waals surface area contributed by atoms with Crippen molar-refractivity contribution in [2.24, 2.45) is 10.4 Å². The van der Waals surface area contributed by atoms with E-state index in [0.717, 1.165) is 11.4 Å². The summed E-state index contributed by atoms with van der Waals surface area (Å²) in [6.45, 7) is 7.02. The number of ether oxygens (including phenoxy) is 1. The number of para-hydroxylation sites is 2. The Balaban J connectivity index is 1.73. The van der Waals surface area contributed by atoms with Crippen LogP contribution in [0.2, 0.25) is 0 Å². The van der Waals surface area contributed by atoms with Crippen LogP contribution in [0.5, 0.6) is 5.75 Å². The molecular weight excluding hydrogens is 340 g/mol. The topological polar surface area (TPSA) is 86.5 Å². The second-order valence-electron chi connectivity index (χ2n) is 7.56. The Bertz CT molecular complexity index is 936. The van der Waals surface area contributed by atoms with Gasteiger partial charge in [0.25, 0.3) is 5.91 Å². The number of nitrogens with zero attached hydrogens (tertiary/aromatic N) is 2. The smallest absolute Gasteiger partial charge is 0.271 e. The number of nitrogens with one attached hydrogen (secondary N) is 2. The average molecular weight is 362 g/mol. The van der Waals surface area contributed by atoms with Crippen molar-refractivity contribution >= 4 is 28.7 Å². The number of fused-ring (bicyclic) bond motifs is 1. The van der Waals surface area contributed by atoms with Gasteiger partial charge in [-0.25, -0.2) is 4.99 Å². The van der Waals surface area contributed by atoms with E-state index in [1.54, 1.807) is 18.2 Å². The highest BCUT2D eigenvalue weighted by atomic mass is 16.5. The number of carbonyl (C=O) groups excluding carboxylic acids is 1. The quantitative estimate of drug-likeness (QED) is 0.856. The number of benzene rings is 2. The minimum atomic E-state index is -0.302. The number of amides is 1. The van der Waals surface area contributed by atoms with E-state index in [4.69, 9.17) is 4.74 Å². The van der Waals surface area contributed by atoms with Gasteiger partial charge in [0, 0.05) is 5.69 Å². The Kier molecular flexibility index (Phi) is 5.13. The summed E-state index contributed by atoms with van der Waals surface area (Å²) in [6, 6.07) is 14.7. The lowest BCUT2D eigenvalue weighted by atomic mass is 9.98. The van der Waals surface area contributed by atoms with Crippen molar-refractivity contribution in [2.75, 3.05) is 23.8 Å². The minimum absolute atomic E-state index is 0.0119. The molecule has 0 spiro atoms. The van der Waals surface area contributed by atoms with Crippen molar-refractivity contribution in [1.82, 2.24) is 0 Å². The number of hydrogen-bond acceptors (Lipinski definition) is 5. The van der Waals surface area contributed by atoms with Crippen molar-refractivity contribution in [3.05, 3.63) is 48.0 Å². The number of aliphatic imine (C=N–C) groups is 1. The molecule has 0 atom stereocenters. The van der Waals surface area contributed by atoms with Crippen LogP contribution in [0, 0.1) is 16.7 Å². The first-order valence-electron chi connectivity index (χ1n) is 8.74. The second kappa shape index (κ2) is 7.50. The Morgan fingerprint density at radius 2 is 2.07 bits per heavy atom. The summed E-state index contributed by atoms with van der Waals surface area (Å²) in [6.07, 6.45) is 0. The number of hydrogen-bond donors (Lipinski definition) is 2. The van der Waals surface area contributed by atoms with Crippen LogP contribution in [0.25, 0.3) is 0 Å². The maximum atomic E-state index is 12.5. The first-order chi connectivity index (χ1) is 12.9. The lowest BCUT2D eigenvalue weighted by Crippen LogP contribution is -2.30. The van der Waals surface area contributed by atoms with Gasteiger partial charge in [0.1, 0.15) is 17.5 Å². The molecule has 0 bridgehead atoms. The van der Waals surface area contributed by atoms with Crippen molar-refractivity contribution < 1.29 is 9.53 Å². The predicted molar refractivity (Wildman–Crippen MR) is 107 cm³/mol. The van der Waals surface area contributed by atoms with Gasteiger partial charge in [-0.1, -0.05) is 32.9 Å². The molecule has 1 aliphatic rings. The van der Waals surface area contributed by atoms with Gasteiger partial charge >= 0.3 is 0 Å². The van der Waals surface area contributed by atoms with Crippen LogP contribution in [-0.4, -0.2) is 24.8 Å². The Hall–Kier alpha value is -3.33. The van der Waals surface area contributed by atoms with Gasteiger partial charge in [-0.3, -0.25) is 4.79 Å². The van der Waals surface area contributed by atoms with Crippen molar-refractivity contribution in [2.45, 2.75) is 20.8 Å². The summed E-state index contributed by atoms with van der Waals surface area (Å²) in [5.41, 5.74) is 2.92. The third-order valence-corrected chi connectivity index (χ3v) is 3.89. The molecule has 27 heavy (non-hydrogen) atoms. The largest absolute Gasteiger partial charge is 0.492 e. The fourth-order valence-corrected chi connectivity index (χ4v) is 2.53. The monoisotopic (exact) mass is 362 g/mol. The zero-order chi connectivity index (χ0) is 19.4. The standard InChI is InChI=1S/C21H22N4O2/c1-21(2,3)13-27-19-9-8-15(10-14(19)11-22)24-20(26)18-12-23-16-6-4-5-7-17(16)25-18/h4-10,23H,12-13H2,1-3H3,(H,24,26). The first kappa shape index (κ1) is 18.5. The third kappa shape index (κ3) is 4.64. The lowest BCUT2D eigenvalue weighted by molar-refractivity contribution is -0.110. The van der Waals surface area contributed by atoms with Gasteiger partial charge in [-0.15, -0.1) is 0 Å². The molecule has 0 unspecified atom stereocenters. The normalized spacial score (nSPS) is 12.9. The minimum Gasteiger partial charge on any atom is -0.492 e. The van der Waals surface area contributed by atoms with Crippen LogP contribution >= 0.6 is 0 Å². The molecule has 0 fully saturated rings. The summed E-state index contributed by atoms with van der Waals surface area (Å²) in [5.74, 6) is 0.209. The number of anilines is 2. The van der Waals surface area contributed by atoms with E-state index >= 15 is 0 Å². The predicted octanol–water partition coefficient (Wildman–Crippen LogP) is 4.12. The van der Waals surface area contributed by atoms with E-state index in [9.17, 15) is 10.1 Å². The van der Waals surface area contributed by atoms with E-state index in [2.05, 4.69) is 42.5 Å². The van der Waals surface area contributed by atoms with Gasteiger partial charge in [0.2, 0.25) is 0 Å². The van der Waals surface area contributed by atoms with Gasteiger partial charge in [-0.2, -0.15) is 5.26 Å². The summed E-state index contributed by atoms with van der Waals surface area (Å²) >= 11 is 0. The van der Waals surface area contributed by atoms with Crippen LogP contribution < -0.4 is 15.4 Å². The summed E-state index contributed by atoms with van der Waals surface area (Å²) in [5, 5.41) is 15.4. The van der Waals surface area contributed by atoms with Crippen LogP contribution in [0.3, 0.4) is 0 Å². The number of nitriles is 1. The molecule has 1 aliphatic heterocycles. The Morgan fingerprint density at radius 1 is 1.30 bits per heavy atom. The molecule has 3 rings (SSSR count). The molecule has 0 saturated carbocycles. The summed E-state index contributed by atoms with van der Waals surface area (Å²) < 4.78 is 5.74. The third-order valence-electron chi connectivity index (χ3n) is 3.89. The molecule has 138 valence electrons. The second-order valence-corrected chi connectivity index (χ2v) is 7.56. The summed E-state index contributed by atoms with van der Waals surface area (Å²) in [4.78, 5) is 16.9. The van der Waals surface area contributed by atoms with Gasteiger partial charge in [0.15, 0.2) is 0 Å². The van der Waals surface area contributed by atoms with E-state index in [0.29, 0.717) is 35.9 Å². The zero-order valence-electron chi connectivity index (χ0n) is 15.7. The molecule has 2 aromatic carbocycles. The number of rotatable bonds is 4. The maximum Gasteiger partial charge on any atom is 0.271 e. The molecule has 0 aliphatic carbocycles. The number of carbonyl (C=O) groups is 1. The summed E-state index contributed by atoms with van der Waals surface area (Å²) in [7, 11) is 0. The SMILES string of the molecule is CC(C)(C)COc1ccc(NC(=O)C2=Nc3ccccc3NC2)cc1C#N. The molecular formula is C21H22N4O2. The van der Waals surface area contributed by atoms with Gasteiger partial charge in [-0.05, 0) is 35.7 Å². The average Bonchev–Trinajstić information content (AvgIpc) is 2.65. The molecule has 6 nitrogen and oxygen atoms in total. The zero-order valence-corrected chi connectivity index (χ0v) is 15.7. The van der Waals surface area contributed by atoms with Gasteiger partial charge < -0.3 is 15.4 Å². The van der Waals surface area contributed by atoms with Crippen LogP contribution in [0.4, 0.5) is 17.1 Å². The van der Waals surface area contributed by atoms with Crippen LogP contribution in [0.1, 0.15) is 26.3 Å². The van der Waals surface area contributed by atoms with Crippen LogP contribution in [0.15, 0.2) is 47.5 Å². The van der Waals surface area contributed by atoms with Gasteiger partial charge in [0.05, 0.1) is 30.1 Å². The molecule has 6 heteroatoms. The molecule has 2 N–H and O–H groups in total. The van der Waals surface area contributed by atoms with E-state index in [1.807, 2.05) is 24.3 Å². The fraction of sp³-hybridized carbons (Fsp3) is 0.286. The van der Waals surface area contributed by atoms with Crippen molar-refractivity contribution in [3.63, 3.8) is 0 Å².